The van der Waals surface area contributed by atoms with Gasteiger partial charge in [-0.15, -0.1) is 0 Å². The van der Waals surface area contributed by atoms with E-state index in [9.17, 15) is 4.79 Å². The number of carbonyl (C=O) groups excluding carboxylic acids is 1. The molecule has 0 aliphatic rings. The molecular formula is C19H19N3O4. The average molecular weight is 353 g/mol. The van der Waals surface area contributed by atoms with Crippen molar-refractivity contribution in [1.82, 2.24) is 15.3 Å². The second-order valence-electron chi connectivity index (χ2n) is 5.38. The van der Waals surface area contributed by atoms with Crippen molar-refractivity contribution in [3.63, 3.8) is 0 Å². The van der Waals surface area contributed by atoms with Crippen LogP contribution in [0, 0.1) is 0 Å². The van der Waals surface area contributed by atoms with E-state index in [1.54, 1.807) is 37.2 Å². The number of amides is 1. The van der Waals surface area contributed by atoms with Gasteiger partial charge < -0.3 is 9.47 Å². The van der Waals surface area contributed by atoms with Crippen molar-refractivity contribution in [2.24, 2.45) is 0 Å². The summed E-state index contributed by atoms with van der Waals surface area (Å²) < 4.78 is 12.3. The van der Waals surface area contributed by atoms with E-state index in [1.807, 2.05) is 36.4 Å². The van der Waals surface area contributed by atoms with Crippen LogP contribution in [0.4, 0.5) is 0 Å². The lowest BCUT2D eigenvalue weighted by Crippen LogP contribution is -2.21. The summed E-state index contributed by atoms with van der Waals surface area (Å²) in [6.45, 7) is 0. The van der Waals surface area contributed by atoms with E-state index < -0.39 is 0 Å². The first-order chi connectivity index (χ1) is 12.7. The quantitative estimate of drug-likeness (QED) is 0.690. The predicted octanol–water partition coefficient (Wildman–Crippen LogP) is 2.85. The van der Waals surface area contributed by atoms with Crippen LogP contribution in [0.5, 0.6) is 11.5 Å². The van der Waals surface area contributed by atoms with Crippen molar-refractivity contribution in [3.05, 3.63) is 60.3 Å². The summed E-state index contributed by atoms with van der Waals surface area (Å²) in [6.07, 6.45) is 1.66. The molecule has 0 spiro atoms. The molecule has 3 rings (SSSR count). The van der Waals surface area contributed by atoms with Crippen LogP contribution in [0.3, 0.4) is 0 Å². The number of hydroxylamine groups is 1. The average Bonchev–Trinajstić information content (AvgIpc) is 3.14. The van der Waals surface area contributed by atoms with E-state index in [2.05, 4.69) is 10.6 Å². The molecular weight excluding hydrogens is 334 g/mol. The number of aromatic nitrogens is 2. The Morgan fingerprint density at radius 1 is 1.00 bits per heavy atom. The fourth-order valence-electron chi connectivity index (χ4n) is 2.60. The van der Waals surface area contributed by atoms with Gasteiger partial charge in [0.2, 0.25) is 0 Å². The van der Waals surface area contributed by atoms with Gasteiger partial charge in [-0.3, -0.25) is 9.63 Å². The fraction of sp³-hybridized carbons (Fsp3) is 0.158. The van der Waals surface area contributed by atoms with E-state index in [0.29, 0.717) is 22.8 Å². The standard InChI is InChI=1S/C19H19N3O4/c1-24-16-10-9-13(11-17(16)25-2)18-15(19(23)21-26-3)12-22(20-18)14-7-5-4-6-8-14/h4-12H,1-3H3,(H,21,23). The summed E-state index contributed by atoms with van der Waals surface area (Å²) in [5.74, 6) is 0.762. The van der Waals surface area contributed by atoms with Crippen molar-refractivity contribution >= 4 is 5.91 Å². The number of hydrogen-bond acceptors (Lipinski definition) is 5. The van der Waals surface area contributed by atoms with Crippen LogP contribution in [0.1, 0.15) is 10.4 Å². The maximum absolute atomic E-state index is 12.4. The molecule has 2 aromatic carbocycles. The zero-order valence-corrected chi connectivity index (χ0v) is 14.7. The van der Waals surface area contributed by atoms with Crippen molar-refractivity contribution in [2.45, 2.75) is 0 Å². The fourth-order valence-corrected chi connectivity index (χ4v) is 2.60. The molecule has 0 atom stereocenters. The van der Waals surface area contributed by atoms with Crippen molar-refractivity contribution in [2.75, 3.05) is 21.3 Å². The van der Waals surface area contributed by atoms with Gasteiger partial charge in [-0.05, 0) is 30.3 Å². The Morgan fingerprint density at radius 2 is 1.73 bits per heavy atom. The number of rotatable bonds is 6. The number of ether oxygens (including phenoxy) is 2. The lowest BCUT2D eigenvalue weighted by atomic mass is 10.1. The normalized spacial score (nSPS) is 10.4. The molecule has 1 aromatic heterocycles. The monoisotopic (exact) mass is 353 g/mol. The van der Waals surface area contributed by atoms with E-state index in [1.165, 1.54) is 7.11 Å². The van der Waals surface area contributed by atoms with Gasteiger partial charge in [-0.25, -0.2) is 10.2 Å². The van der Waals surface area contributed by atoms with Gasteiger partial charge >= 0.3 is 0 Å². The van der Waals surface area contributed by atoms with Gasteiger partial charge in [0.15, 0.2) is 11.5 Å². The van der Waals surface area contributed by atoms with Crippen molar-refractivity contribution < 1.29 is 19.1 Å². The number of methoxy groups -OCH3 is 2. The van der Waals surface area contributed by atoms with Gasteiger partial charge in [-0.2, -0.15) is 5.10 Å². The van der Waals surface area contributed by atoms with Crippen LogP contribution in [-0.4, -0.2) is 37.0 Å². The maximum Gasteiger partial charge on any atom is 0.278 e. The third kappa shape index (κ3) is 3.38. The Labute approximate surface area is 151 Å². The number of benzene rings is 2. The highest BCUT2D eigenvalue weighted by atomic mass is 16.6. The second kappa shape index (κ2) is 7.71. The van der Waals surface area contributed by atoms with Crippen molar-refractivity contribution in [1.29, 1.82) is 0 Å². The SMILES string of the molecule is CONC(=O)c1cn(-c2ccccc2)nc1-c1ccc(OC)c(OC)c1. The molecule has 134 valence electrons. The van der Waals surface area contributed by atoms with Crippen LogP contribution in [-0.2, 0) is 4.84 Å². The molecule has 3 aromatic rings. The molecule has 0 bridgehead atoms. The van der Waals surface area contributed by atoms with Crippen LogP contribution in [0.2, 0.25) is 0 Å². The minimum absolute atomic E-state index is 0.378. The van der Waals surface area contributed by atoms with Gasteiger partial charge in [0.05, 0.1) is 32.6 Å². The number of hydrogen-bond donors (Lipinski definition) is 1. The van der Waals surface area contributed by atoms with Crippen molar-refractivity contribution in [3.8, 4) is 28.4 Å². The van der Waals surface area contributed by atoms with Crippen LogP contribution >= 0.6 is 0 Å². The molecule has 0 saturated heterocycles. The molecule has 7 heteroatoms. The zero-order valence-electron chi connectivity index (χ0n) is 14.7. The Morgan fingerprint density at radius 3 is 2.38 bits per heavy atom. The number of carbonyl (C=O) groups is 1. The number of para-hydroxylation sites is 1. The summed E-state index contributed by atoms with van der Waals surface area (Å²) in [4.78, 5) is 17.2. The first-order valence-electron chi connectivity index (χ1n) is 7.88. The molecule has 1 N–H and O–H groups in total. The van der Waals surface area contributed by atoms with Crippen LogP contribution in [0.15, 0.2) is 54.7 Å². The largest absolute Gasteiger partial charge is 0.493 e. The molecule has 0 fully saturated rings. The summed E-state index contributed by atoms with van der Waals surface area (Å²) in [6, 6.07) is 14.9. The van der Waals surface area contributed by atoms with Gasteiger partial charge in [0.1, 0.15) is 5.69 Å². The lowest BCUT2D eigenvalue weighted by Gasteiger charge is -2.09. The van der Waals surface area contributed by atoms with Crippen LogP contribution in [0.25, 0.3) is 16.9 Å². The van der Waals surface area contributed by atoms with Gasteiger partial charge in [0.25, 0.3) is 5.91 Å². The predicted molar refractivity (Wildman–Crippen MR) is 96.6 cm³/mol. The molecule has 0 unspecified atom stereocenters. The zero-order chi connectivity index (χ0) is 18.5. The summed E-state index contributed by atoms with van der Waals surface area (Å²) >= 11 is 0. The summed E-state index contributed by atoms with van der Waals surface area (Å²) in [5.41, 5.74) is 4.78. The molecule has 0 saturated carbocycles. The van der Waals surface area contributed by atoms with E-state index in [4.69, 9.17) is 14.3 Å². The Kier molecular flexibility index (Phi) is 5.19. The summed E-state index contributed by atoms with van der Waals surface area (Å²) in [7, 11) is 4.51. The maximum atomic E-state index is 12.4. The molecule has 0 aliphatic carbocycles. The second-order valence-corrected chi connectivity index (χ2v) is 5.38. The highest BCUT2D eigenvalue weighted by Gasteiger charge is 2.20. The lowest BCUT2D eigenvalue weighted by molar-refractivity contribution is 0.0538. The molecule has 7 nitrogen and oxygen atoms in total. The Bertz CT molecular complexity index is 906. The van der Waals surface area contributed by atoms with E-state index >= 15 is 0 Å². The van der Waals surface area contributed by atoms with E-state index in [-0.39, 0.29) is 5.91 Å². The highest BCUT2D eigenvalue weighted by Crippen LogP contribution is 2.33. The van der Waals surface area contributed by atoms with Gasteiger partial charge in [-0.1, -0.05) is 18.2 Å². The van der Waals surface area contributed by atoms with E-state index in [0.717, 1.165) is 11.3 Å². The molecule has 1 amide bonds. The topological polar surface area (TPSA) is 74.6 Å². The summed E-state index contributed by atoms with van der Waals surface area (Å²) in [5, 5.41) is 4.59. The van der Waals surface area contributed by atoms with Gasteiger partial charge in [0, 0.05) is 11.8 Å². The molecule has 1 heterocycles. The molecule has 0 radical (unpaired) electrons. The Balaban J connectivity index is 2.13. The Hall–Kier alpha value is -3.32. The molecule has 26 heavy (non-hydrogen) atoms. The highest BCUT2D eigenvalue weighted by molar-refractivity contribution is 5.99. The smallest absolute Gasteiger partial charge is 0.278 e. The first kappa shape index (κ1) is 17.5. The third-order valence-electron chi connectivity index (χ3n) is 3.83. The molecule has 0 aliphatic heterocycles. The third-order valence-corrected chi connectivity index (χ3v) is 3.83. The number of nitrogens with one attached hydrogen (secondary N) is 1. The number of nitrogens with zero attached hydrogens (tertiary/aromatic N) is 2. The van der Waals surface area contributed by atoms with Crippen LogP contribution < -0.4 is 15.0 Å². The minimum Gasteiger partial charge on any atom is -0.493 e. The minimum atomic E-state index is -0.389. The first-order valence-corrected chi connectivity index (χ1v) is 7.88.